The lowest BCUT2D eigenvalue weighted by Gasteiger charge is -2.32. The van der Waals surface area contributed by atoms with Gasteiger partial charge in [0, 0.05) is 38.4 Å². The molecule has 1 aliphatic rings. The molecule has 2 heterocycles. The number of hydrogen-bond donors (Lipinski definition) is 0. The topological polar surface area (TPSA) is 64.5 Å². The third-order valence-corrected chi connectivity index (χ3v) is 4.11. The first-order chi connectivity index (χ1) is 12.2. The average Bonchev–Trinajstić information content (AvgIpc) is 2.62. The van der Waals surface area contributed by atoms with Gasteiger partial charge in [0.15, 0.2) is 0 Å². The SMILES string of the molecule is COCC(=O)N1CCC[C@@H](c2cncc(Oc3cccc(F)c3)n2)C1. The van der Waals surface area contributed by atoms with Gasteiger partial charge in [0.1, 0.15) is 18.2 Å². The second kappa shape index (κ2) is 8.02. The van der Waals surface area contributed by atoms with Crippen molar-refractivity contribution in [3.63, 3.8) is 0 Å². The number of rotatable bonds is 5. The summed E-state index contributed by atoms with van der Waals surface area (Å²) in [6.07, 6.45) is 5.00. The van der Waals surface area contributed by atoms with E-state index in [1.807, 2.05) is 0 Å². The molecule has 7 heteroatoms. The molecule has 1 aromatic carbocycles. The smallest absolute Gasteiger partial charge is 0.248 e. The molecule has 1 aliphatic heterocycles. The summed E-state index contributed by atoms with van der Waals surface area (Å²) >= 11 is 0. The van der Waals surface area contributed by atoms with Crippen molar-refractivity contribution in [1.29, 1.82) is 0 Å². The third-order valence-electron chi connectivity index (χ3n) is 4.11. The minimum Gasteiger partial charge on any atom is -0.437 e. The van der Waals surface area contributed by atoms with Crippen LogP contribution in [0.3, 0.4) is 0 Å². The molecule has 0 unspecified atom stereocenters. The van der Waals surface area contributed by atoms with E-state index in [-0.39, 0.29) is 24.2 Å². The molecule has 6 nitrogen and oxygen atoms in total. The van der Waals surface area contributed by atoms with Crippen LogP contribution in [0.5, 0.6) is 11.6 Å². The molecule has 132 valence electrons. The molecule has 1 saturated heterocycles. The van der Waals surface area contributed by atoms with E-state index in [1.54, 1.807) is 23.2 Å². The third kappa shape index (κ3) is 4.51. The summed E-state index contributed by atoms with van der Waals surface area (Å²) in [4.78, 5) is 22.5. The Hall–Kier alpha value is -2.54. The molecule has 0 bridgehead atoms. The van der Waals surface area contributed by atoms with Crippen molar-refractivity contribution in [1.82, 2.24) is 14.9 Å². The summed E-state index contributed by atoms with van der Waals surface area (Å²) in [5, 5.41) is 0. The van der Waals surface area contributed by atoms with E-state index in [0.29, 0.717) is 18.2 Å². The predicted octanol–water partition coefficient (Wildman–Crippen LogP) is 2.76. The second-order valence-electron chi connectivity index (χ2n) is 5.95. The summed E-state index contributed by atoms with van der Waals surface area (Å²) in [7, 11) is 1.51. The Morgan fingerprint density at radius 1 is 1.40 bits per heavy atom. The number of piperidine rings is 1. The van der Waals surface area contributed by atoms with Crippen molar-refractivity contribution in [2.75, 3.05) is 26.8 Å². The molecule has 0 N–H and O–H groups in total. The molecule has 1 aromatic heterocycles. The lowest BCUT2D eigenvalue weighted by Crippen LogP contribution is -2.41. The average molecular weight is 345 g/mol. The normalized spacial score (nSPS) is 17.4. The largest absolute Gasteiger partial charge is 0.437 e. The molecule has 1 amide bonds. The number of amides is 1. The summed E-state index contributed by atoms with van der Waals surface area (Å²) in [6, 6.07) is 5.87. The highest BCUT2D eigenvalue weighted by Crippen LogP contribution is 2.27. The number of halogens is 1. The predicted molar refractivity (Wildman–Crippen MR) is 88.9 cm³/mol. The molecule has 0 saturated carbocycles. The number of carbonyl (C=O) groups excluding carboxylic acids is 1. The molecule has 2 aromatic rings. The Labute approximate surface area is 145 Å². The zero-order valence-electron chi connectivity index (χ0n) is 14.0. The van der Waals surface area contributed by atoms with Crippen LogP contribution >= 0.6 is 0 Å². The van der Waals surface area contributed by atoms with Gasteiger partial charge in [-0.1, -0.05) is 6.07 Å². The first-order valence-electron chi connectivity index (χ1n) is 8.18. The van der Waals surface area contributed by atoms with Crippen LogP contribution in [0.2, 0.25) is 0 Å². The first-order valence-corrected chi connectivity index (χ1v) is 8.18. The highest BCUT2D eigenvalue weighted by molar-refractivity contribution is 5.77. The number of ether oxygens (including phenoxy) is 2. The van der Waals surface area contributed by atoms with E-state index in [2.05, 4.69) is 9.97 Å². The van der Waals surface area contributed by atoms with Gasteiger partial charge in [-0.15, -0.1) is 0 Å². The molecule has 1 fully saturated rings. The van der Waals surface area contributed by atoms with Gasteiger partial charge in [0.25, 0.3) is 0 Å². The Kier molecular flexibility index (Phi) is 5.55. The summed E-state index contributed by atoms with van der Waals surface area (Å²) in [6.45, 7) is 1.40. The summed E-state index contributed by atoms with van der Waals surface area (Å²) in [5.41, 5.74) is 0.767. The van der Waals surface area contributed by atoms with Crippen LogP contribution < -0.4 is 4.74 Å². The zero-order valence-corrected chi connectivity index (χ0v) is 14.0. The number of benzene rings is 1. The Morgan fingerprint density at radius 2 is 2.28 bits per heavy atom. The highest BCUT2D eigenvalue weighted by atomic mass is 19.1. The van der Waals surface area contributed by atoms with Crippen LogP contribution in [0.1, 0.15) is 24.5 Å². The van der Waals surface area contributed by atoms with Crippen molar-refractivity contribution in [2.45, 2.75) is 18.8 Å². The fourth-order valence-electron chi connectivity index (χ4n) is 2.92. The number of aromatic nitrogens is 2. The van der Waals surface area contributed by atoms with E-state index in [0.717, 1.165) is 25.1 Å². The van der Waals surface area contributed by atoms with Crippen LogP contribution in [0.4, 0.5) is 4.39 Å². The van der Waals surface area contributed by atoms with Crippen molar-refractivity contribution in [3.8, 4) is 11.6 Å². The quantitative estimate of drug-likeness (QED) is 0.834. The lowest BCUT2D eigenvalue weighted by atomic mass is 9.95. The fraction of sp³-hybridized carbons (Fsp3) is 0.389. The van der Waals surface area contributed by atoms with Crippen LogP contribution in [-0.4, -0.2) is 47.6 Å². The number of hydrogen-bond acceptors (Lipinski definition) is 5. The van der Waals surface area contributed by atoms with Gasteiger partial charge < -0.3 is 14.4 Å². The van der Waals surface area contributed by atoms with Gasteiger partial charge in [-0.25, -0.2) is 9.37 Å². The van der Waals surface area contributed by atoms with E-state index < -0.39 is 0 Å². The Bertz CT molecular complexity index is 741. The fourth-order valence-corrected chi connectivity index (χ4v) is 2.92. The van der Waals surface area contributed by atoms with Gasteiger partial charge in [-0.3, -0.25) is 9.78 Å². The number of carbonyl (C=O) groups is 1. The number of likely N-dealkylation sites (tertiary alicyclic amines) is 1. The van der Waals surface area contributed by atoms with E-state index >= 15 is 0 Å². The van der Waals surface area contributed by atoms with Gasteiger partial charge >= 0.3 is 0 Å². The maximum absolute atomic E-state index is 13.3. The van der Waals surface area contributed by atoms with E-state index in [1.165, 1.54) is 25.4 Å². The van der Waals surface area contributed by atoms with E-state index in [9.17, 15) is 9.18 Å². The molecule has 1 atom stereocenters. The maximum Gasteiger partial charge on any atom is 0.248 e. The van der Waals surface area contributed by atoms with Gasteiger partial charge in [-0.2, -0.15) is 0 Å². The standard InChI is InChI=1S/C18H20FN3O3/c1-24-12-18(23)22-7-3-4-13(11-22)16-9-20-10-17(21-16)25-15-6-2-5-14(19)8-15/h2,5-6,8-10,13H,3-4,7,11-12H2,1H3/t13-/m1/s1. The van der Waals surface area contributed by atoms with Crippen molar-refractivity contribution >= 4 is 5.91 Å². The molecule has 0 spiro atoms. The van der Waals surface area contributed by atoms with Crippen LogP contribution in [-0.2, 0) is 9.53 Å². The molecule has 25 heavy (non-hydrogen) atoms. The van der Waals surface area contributed by atoms with Gasteiger partial charge in [0.2, 0.25) is 11.8 Å². The monoisotopic (exact) mass is 345 g/mol. The van der Waals surface area contributed by atoms with Crippen molar-refractivity contribution in [2.24, 2.45) is 0 Å². The maximum atomic E-state index is 13.3. The molecule has 3 rings (SSSR count). The zero-order chi connectivity index (χ0) is 17.6. The lowest BCUT2D eigenvalue weighted by molar-refractivity contribution is -0.136. The molecular weight excluding hydrogens is 325 g/mol. The van der Waals surface area contributed by atoms with Crippen LogP contribution in [0.15, 0.2) is 36.7 Å². The number of nitrogens with zero attached hydrogens (tertiary/aromatic N) is 3. The van der Waals surface area contributed by atoms with Crippen molar-refractivity contribution in [3.05, 3.63) is 48.2 Å². The molecule has 0 aliphatic carbocycles. The number of methoxy groups -OCH3 is 1. The van der Waals surface area contributed by atoms with Crippen LogP contribution in [0.25, 0.3) is 0 Å². The molecule has 0 radical (unpaired) electrons. The first kappa shape index (κ1) is 17.3. The van der Waals surface area contributed by atoms with Gasteiger partial charge in [-0.05, 0) is 25.0 Å². The van der Waals surface area contributed by atoms with Crippen molar-refractivity contribution < 1.29 is 18.7 Å². The minimum absolute atomic E-state index is 0.0210. The summed E-state index contributed by atoms with van der Waals surface area (Å²) < 4.78 is 23.8. The Morgan fingerprint density at radius 3 is 3.08 bits per heavy atom. The highest BCUT2D eigenvalue weighted by Gasteiger charge is 2.26. The van der Waals surface area contributed by atoms with Crippen LogP contribution in [0, 0.1) is 5.82 Å². The van der Waals surface area contributed by atoms with Gasteiger partial charge in [0.05, 0.1) is 11.9 Å². The minimum atomic E-state index is -0.374. The van der Waals surface area contributed by atoms with E-state index in [4.69, 9.17) is 9.47 Å². The molecular formula is C18H20FN3O3. The second-order valence-corrected chi connectivity index (χ2v) is 5.95. The Balaban J connectivity index is 1.71. The summed E-state index contributed by atoms with van der Waals surface area (Å²) in [5.74, 6) is 0.377.